The van der Waals surface area contributed by atoms with Crippen LogP contribution in [-0.2, 0) is 5.60 Å². The fourth-order valence-electron chi connectivity index (χ4n) is 2.47. The molecule has 3 rings (SSSR count). The molecule has 5 nitrogen and oxygen atoms in total. The Morgan fingerprint density at radius 2 is 1.88 bits per heavy atom. The molecule has 1 amide bonds. The topological polar surface area (TPSA) is 67.2 Å². The van der Waals surface area contributed by atoms with Crippen molar-refractivity contribution in [3.05, 3.63) is 83.7 Å². The lowest BCUT2D eigenvalue weighted by Crippen LogP contribution is -2.38. The van der Waals surface area contributed by atoms with Gasteiger partial charge >= 0.3 is 0 Å². The Morgan fingerprint density at radius 1 is 1.19 bits per heavy atom. The van der Waals surface area contributed by atoms with Crippen molar-refractivity contribution in [2.75, 3.05) is 6.54 Å². The summed E-state index contributed by atoms with van der Waals surface area (Å²) in [7, 11) is 0. The molecule has 1 atom stereocenters. The second-order valence-corrected chi connectivity index (χ2v) is 6.09. The first-order chi connectivity index (χ1) is 12.4. The average molecular weight is 357 g/mol. The maximum absolute atomic E-state index is 13.8. The van der Waals surface area contributed by atoms with Crippen molar-refractivity contribution >= 4 is 5.91 Å². The van der Waals surface area contributed by atoms with Gasteiger partial charge in [-0.05, 0) is 36.8 Å². The number of hydrogen-bond donors (Lipinski definition) is 2. The molecular formula is C19H17F2N3O2. The number of benzene rings is 2. The van der Waals surface area contributed by atoms with Crippen LogP contribution < -0.4 is 5.32 Å². The summed E-state index contributed by atoms with van der Waals surface area (Å²) in [5.41, 5.74) is -0.445. The van der Waals surface area contributed by atoms with E-state index in [1.165, 1.54) is 54.3 Å². The van der Waals surface area contributed by atoms with Crippen LogP contribution in [0, 0.1) is 11.6 Å². The molecule has 0 aliphatic carbocycles. The van der Waals surface area contributed by atoms with Gasteiger partial charge in [0.2, 0.25) is 0 Å². The number of carbonyl (C=O) groups is 1. The van der Waals surface area contributed by atoms with E-state index >= 15 is 0 Å². The van der Waals surface area contributed by atoms with Crippen LogP contribution in [0.25, 0.3) is 5.69 Å². The molecule has 0 saturated carbocycles. The molecule has 0 aliphatic rings. The highest BCUT2D eigenvalue weighted by Gasteiger charge is 2.24. The Morgan fingerprint density at radius 3 is 2.58 bits per heavy atom. The highest BCUT2D eigenvalue weighted by molar-refractivity contribution is 5.93. The van der Waals surface area contributed by atoms with E-state index in [9.17, 15) is 18.7 Å². The van der Waals surface area contributed by atoms with E-state index in [1.807, 2.05) is 0 Å². The number of carbonyl (C=O) groups excluding carboxylic acids is 1. The summed E-state index contributed by atoms with van der Waals surface area (Å²) in [4.78, 5) is 12.3. The van der Waals surface area contributed by atoms with E-state index in [0.29, 0.717) is 5.56 Å². The van der Waals surface area contributed by atoms with Gasteiger partial charge in [0.05, 0.1) is 18.3 Å². The van der Waals surface area contributed by atoms with Crippen LogP contribution in [0.4, 0.5) is 8.78 Å². The summed E-state index contributed by atoms with van der Waals surface area (Å²) in [5, 5.41) is 17.1. The smallest absolute Gasteiger partial charge is 0.254 e. The third kappa shape index (κ3) is 3.78. The number of aromatic nitrogens is 2. The van der Waals surface area contributed by atoms with E-state index in [2.05, 4.69) is 10.4 Å². The van der Waals surface area contributed by atoms with Gasteiger partial charge in [0, 0.05) is 6.20 Å². The number of amides is 1. The average Bonchev–Trinajstić information content (AvgIpc) is 3.10. The van der Waals surface area contributed by atoms with Crippen molar-refractivity contribution in [3.63, 3.8) is 0 Å². The van der Waals surface area contributed by atoms with Crippen LogP contribution in [0.3, 0.4) is 0 Å². The molecule has 134 valence electrons. The lowest BCUT2D eigenvalue weighted by molar-refractivity contribution is 0.0526. The second-order valence-electron chi connectivity index (χ2n) is 6.09. The Labute approximate surface area is 148 Å². The van der Waals surface area contributed by atoms with Gasteiger partial charge in [-0.15, -0.1) is 0 Å². The van der Waals surface area contributed by atoms with E-state index in [-0.39, 0.29) is 17.8 Å². The maximum atomic E-state index is 13.8. The number of halogens is 2. The van der Waals surface area contributed by atoms with Crippen molar-refractivity contribution in [1.29, 1.82) is 0 Å². The highest BCUT2D eigenvalue weighted by Crippen LogP contribution is 2.20. The van der Waals surface area contributed by atoms with Crippen LogP contribution in [0.15, 0.2) is 60.9 Å². The molecule has 7 heteroatoms. The zero-order valence-corrected chi connectivity index (χ0v) is 14.0. The Balaban J connectivity index is 1.69. The molecule has 0 bridgehead atoms. The predicted octanol–water partition coefficient (Wildman–Crippen LogP) is 2.79. The lowest BCUT2D eigenvalue weighted by atomic mass is 9.96. The number of nitrogens with zero attached hydrogens (tertiary/aromatic N) is 2. The van der Waals surface area contributed by atoms with Crippen LogP contribution in [0.5, 0.6) is 0 Å². The molecule has 0 spiro atoms. The van der Waals surface area contributed by atoms with E-state index < -0.39 is 23.1 Å². The summed E-state index contributed by atoms with van der Waals surface area (Å²) in [5.74, 6) is -1.33. The minimum absolute atomic E-state index is 0.0810. The largest absolute Gasteiger partial charge is 0.384 e. The monoisotopic (exact) mass is 357 g/mol. The van der Waals surface area contributed by atoms with Gasteiger partial charge in [-0.25, -0.2) is 13.5 Å². The molecule has 1 unspecified atom stereocenters. The van der Waals surface area contributed by atoms with Crippen LogP contribution in [0.1, 0.15) is 22.8 Å². The van der Waals surface area contributed by atoms with Gasteiger partial charge in [0.15, 0.2) is 0 Å². The van der Waals surface area contributed by atoms with Crippen LogP contribution >= 0.6 is 0 Å². The van der Waals surface area contributed by atoms with Crippen molar-refractivity contribution < 1.29 is 18.7 Å². The lowest BCUT2D eigenvalue weighted by Gasteiger charge is -2.24. The first-order valence-electron chi connectivity index (χ1n) is 7.93. The molecule has 0 radical (unpaired) electrons. The number of hydrogen-bond acceptors (Lipinski definition) is 3. The number of para-hydroxylation sites is 1. The number of nitrogens with one attached hydrogen (secondary N) is 1. The van der Waals surface area contributed by atoms with Gasteiger partial charge < -0.3 is 10.4 Å². The Hall–Kier alpha value is -3.06. The SMILES string of the molecule is CC(O)(CNC(=O)c1cnn(-c2ccccc2F)c1)c1ccc(F)cc1. The summed E-state index contributed by atoms with van der Waals surface area (Å²) < 4.78 is 28.0. The standard InChI is InChI=1S/C19H17F2N3O2/c1-19(26,14-6-8-15(20)9-7-14)12-22-18(25)13-10-23-24(11-13)17-5-3-2-4-16(17)21/h2-11,26H,12H2,1H3,(H,22,25). The fraction of sp³-hybridized carbons (Fsp3) is 0.158. The Kier molecular flexibility index (Phi) is 4.81. The van der Waals surface area contributed by atoms with Crippen LogP contribution in [0.2, 0.25) is 0 Å². The summed E-state index contributed by atoms with van der Waals surface area (Å²) in [6.07, 6.45) is 2.72. The van der Waals surface area contributed by atoms with Gasteiger partial charge in [-0.3, -0.25) is 4.79 Å². The van der Waals surface area contributed by atoms with E-state index in [0.717, 1.165) is 0 Å². The summed E-state index contributed by atoms with van der Waals surface area (Å²) >= 11 is 0. The second kappa shape index (κ2) is 7.05. The predicted molar refractivity (Wildman–Crippen MR) is 91.8 cm³/mol. The molecular weight excluding hydrogens is 340 g/mol. The maximum Gasteiger partial charge on any atom is 0.254 e. The molecule has 1 aromatic heterocycles. The molecule has 1 heterocycles. The van der Waals surface area contributed by atoms with E-state index in [4.69, 9.17) is 0 Å². The molecule has 0 fully saturated rings. The minimum Gasteiger partial charge on any atom is -0.384 e. The minimum atomic E-state index is -1.37. The molecule has 0 aliphatic heterocycles. The van der Waals surface area contributed by atoms with Crippen molar-refractivity contribution in [2.45, 2.75) is 12.5 Å². The zero-order chi connectivity index (χ0) is 18.7. The van der Waals surface area contributed by atoms with Gasteiger partial charge in [0.25, 0.3) is 5.91 Å². The molecule has 0 saturated heterocycles. The first kappa shape index (κ1) is 17.8. The summed E-state index contributed by atoms with van der Waals surface area (Å²) in [6.45, 7) is 1.44. The quantitative estimate of drug-likeness (QED) is 0.738. The zero-order valence-electron chi connectivity index (χ0n) is 14.0. The van der Waals surface area contributed by atoms with Crippen molar-refractivity contribution in [1.82, 2.24) is 15.1 Å². The van der Waals surface area contributed by atoms with Gasteiger partial charge in [-0.2, -0.15) is 5.10 Å². The fourth-order valence-corrected chi connectivity index (χ4v) is 2.47. The third-order valence-corrected chi connectivity index (χ3v) is 4.00. The Bertz CT molecular complexity index is 921. The molecule has 2 N–H and O–H groups in total. The number of rotatable bonds is 5. The van der Waals surface area contributed by atoms with Crippen molar-refractivity contribution in [3.8, 4) is 5.69 Å². The molecule has 26 heavy (non-hydrogen) atoms. The van der Waals surface area contributed by atoms with Crippen molar-refractivity contribution in [2.24, 2.45) is 0 Å². The summed E-state index contributed by atoms with van der Waals surface area (Å²) in [6, 6.07) is 11.5. The third-order valence-electron chi connectivity index (χ3n) is 4.00. The van der Waals surface area contributed by atoms with Gasteiger partial charge in [-0.1, -0.05) is 24.3 Å². The van der Waals surface area contributed by atoms with Crippen LogP contribution in [-0.4, -0.2) is 27.3 Å². The van der Waals surface area contributed by atoms with Gasteiger partial charge in [0.1, 0.15) is 22.9 Å². The molecule has 3 aromatic rings. The number of aliphatic hydroxyl groups is 1. The van der Waals surface area contributed by atoms with E-state index in [1.54, 1.807) is 18.2 Å². The highest BCUT2D eigenvalue weighted by atomic mass is 19.1. The first-order valence-corrected chi connectivity index (χ1v) is 7.93. The molecule has 2 aromatic carbocycles. The normalized spacial score (nSPS) is 13.2.